The molecule has 7 nitrogen and oxygen atoms in total. The summed E-state index contributed by atoms with van der Waals surface area (Å²) in [5.41, 5.74) is 0.301. The second-order valence-corrected chi connectivity index (χ2v) is 6.66. The third kappa shape index (κ3) is 5.41. The highest BCUT2D eigenvalue weighted by Crippen LogP contribution is 2.22. The van der Waals surface area contributed by atoms with E-state index in [1.807, 2.05) is 26.8 Å². The molecule has 0 saturated heterocycles. The van der Waals surface area contributed by atoms with Crippen LogP contribution in [0.1, 0.15) is 26.3 Å². The zero-order valence-corrected chi connectivity index (χ0v) is 14.6. The Morgan fingerprint density at radius 3 is 2.80 bits per heavy atom. The van der Waals surface area contributed by atoms with Crippen LogP contribution in [-0.2, 0) is 0 Å². The normalized spacial score (nSPS) is 12.4. The first kappa shape index (κ1) is 18.6. The van der Waals surface area contributed by atoms with Gasteiger partial charge in [-0.25, -0.2) is 0 Å². The maximum absolute atomic E-state index is 12.0. The predicted molar refractivity (Wildman–Crippen MR) is 93.8 cm³/mol. The van der Waals surface area contributed by atoms with E-state index in [1.165, 1.54) is 24.4 Å². The lowest BCUT2D eigenvalue weighted by Crippen LogP contribution is -2.42. The van der Waals surface area contributed by atoms with Crippen LogP contribution in [0.4, 0.5) is 0 Å². The number of aromatic nitrogens is 2. The molecule has 0 aliphatic rings. The molecule has 1 heterocycles. The van der Waals surface area contributed by atoms with Gasteiger partial charge in [0.2, 0.25) is 0 Å². The van der Waals surface area contributed by atoms with E-state index in [4.69, 9.17) is 10.00 Å². The van der Waals surface area contributed by atoms with E-state index in [0.29, 0.717) is 23.5 Å². The van der Waals surface area contributed by atoms with Gasteiger partial charge in [0.1, 0.15) is 24.1 Å². The predicted octanol–water partition coefficient (Wildman–Crippen LogP) is 1.23. The molecule has 0 spiro atoms. The summed E-state index contributed by atoms with van der Waals surface area (Å²) in [5, 5.41) is 26.4. The van der Waals surface area contributed by atoms with Gasteiger partial charge in [-0.05, 0) is 45.0 Å². The van der Waals surface area contributed by atoms with Gasteiger partial charge < -0.3 is 15.2 Å². The molecular formula is C18H22N4O3. The standard InChI is InChI=1S/C18H22N4O3/c1-18(2,3)20-11-14(23)12-25-16-7-6-13(10-19)9-15(16)22-17(24)5-4-8-21-22/h4-9,14,20,23H,11-12H2,1-3H3. The summed E-state index contributed by atoms with van der Waals surface area (Å²) in [6, 6.07) is 9.65. The zero-order chi connectivity index (χ0) is 18.4. The molecule has 0 fully saturated rings. The van der Waals surface area contributed by atoms with Crippen LogP contribution in [-0.4, -0.2) is 39.7 Å². The average Bonchev–Trinajstić information content (AvgIpc) is 2.58. The molecule has 2 rings (SSSR count). The molecule has 0 saturated carbocycles. The Kier molecular flexibility index (Phi) is 5.91. The van der Waals surface area contributed by atoms with Crippen LogP contribution in [0.25, 0.3) is 5.69 Å². The average molecular weight is 342 g/mol. The largest absolute Gasteiger partial charge is 0.489 e. The minimum Gasteiger partial charge on any atom is -0.489 e. The van der Waals surface area contributed by atoms with Crippen LogP contribution >= 0.6 is 0 Å². The summed E-state index contributed by atoms with van der Waals surface area (Å²) in [7, 11) is 0. The Labute approximate surface area is 146 Å². The van der Waals surface area contributed by atoms with E-state index in [0.717, 1.165) is 4.68 Å². The molecule has 1 aromatic heterocycles. The van der Waals surface area contributed by atoms with Gasteiger partial charge in [-0.2, -0.15) is 15.0 Å². The first-order valence-electron chi connectivity index (χ1n) is 7.95. The molecule has 1 atom stereocenters. The number of nitriles is 1. The van der Waals surface area contributed by atoms with Crippen LogP contribution < -0.4 is 15.6 Å². The number of ether oxygens (including phenoxy) is 1. The van der Waals surface area contributed by atoms with E-state index in [1.54, 1.807) is 12.1 Å². The highest BCUT2D eigenvalue weighted by molar-refractivity contribution is 5.51. The second-order valence-electron chi connectivity index (χ2n) is 6.66. The number of aliphatic hydroxyl groups excluding tert-OH is 1. The first-order valence-corrected chi connectivity index (χ1v) is 7.95. The Morgan fingerprint density at radius 2 is 2.16 bits per heavy atom. The van der Waals surface area contributed by atoms with E-state index in [-0.39, 0.29) is 17.7 Å². The van der Waals surface area contributed by atoms with Crippen LogP contribution in [0.5, 0.6) is 5.75 Å². The number of aliphatic hydroxyl groups is 1. The number of nitrogens with one attached hydrogen (secondary N) is 1. The van der Waals surface area contributed by atoms with Crippen molar-refractivity contribution in [2.75, 3.05) is 13.2 Å². The summed E-state index contributed by atoms with van der Waals surface area (Å²) in [4.78, 5) is 12.0. The van der Waals surface area contributed by atoms with Crippen molar-refractivity contribution in [3.63, 3.8) is 0 Å². The van der Waals surface area contributed by atoms with Crippen LogP contribution in [0.2, 0.25) is 0 Å². The summed E-state index contributed by atoms with van der Waals surface area (Å²) in [6.07, 6.45) is 0.759. The molecule has 7 heteroatoms. The molecule has 0 aliphatic carbocycles. The lowest BCUT2D eigenvalue weighted by atomic mass is 10.1. The molecule has 0 aliphatic heterocycles. The molecule has 2 N–H and O–H groups in total. The van der Waals surface area contributed by atoms with Gasteiger partial charge in [0.15, 0.2) is 0 Å². The van der Waals surface area contributed by atoms with Crippen molar-refractivity contribution in [3.8, 4) is 17.5 Å². The van der Waals surface area contributed by atoms with Crippen molar-refractivity contribution in [1.82, 2.24) is 15.1 Å². The summed E-state index contributed by atoms with van der Waals surface area (Å²) in [6.45, 7) is 6.44. The first-order chi connectivity index (χ1) is 11.8. The van der Waals surface area contributed by atoms with Crippen molar-refractivity contribution in [1.29, 1.82) is 5.26 Å². The third-order valence-corrected chi connectivity index (χ3v) is 3.33. The quantitative estimate of drug-likeness (QED) is 0.819. The van der Waals surface area contributed by atoms with E-state index < -0.39 is 6.10 Å². The number of β-amino-alcohol motifs (C(OH)–C–C–N with tert-alkyl or cyclic N) is 1. The van der Waals surface area contributed by atoms with Crippen LogP contribution in [0.15, 0.2) is 41.3 Å². The Morgan fingerprint density at radius 1 is 1.40 bits per heavy atom. The van der Waals surface area contributed by atoms with Crippen molar-refractivity contribution in [2.24, 2.45) is 0 Å². The number of hydrogen-bond acceptors (Lipinski definition) is 6. The maximum atomic E-state index is 12.0. The van der Waals surface area contributed by atoms with E-state index in [2.05, 4.69) is 10.4 Å². The Balaban J connectivity index is 2.20. The molecule has 1 unspecified atom stereocenters. The minimum absolute atomic E-state index is 0.0452. The monoisotopic (exact) mass is 342 g/mol. The highest BCUT2D eigenvalue weighted by Gasteiger charge is 2.15. The number of benzene rings is 1. The number of hydrogen-bond donors (Lipinski definition) is 2. The smallest absolute Gasteiger partial charge is 0.271 e. The van der Waals surface area contributed by atoms with Gasteiger partial charge in [-0.15, -0.1) is 0 Å². The SMILES string of the molecule is CC(C)(C)NCC(O)COc1ccc(C#N)cc1-n1ncccc1=O. The van der Waals surface area contributed by atoms with Gasteiger partial charge in [0.05, 0.1) is 11.6 Å². The van der Waals surface area contributed by atoms with Crippen molar-refractivity contribution in [3.05, 3.63) is 52.4 Å². The molecule has 0 bridgehead atoms. The summed E-state index contributed by atoms with van der Waals surface area (Å²) < 4.78 is 6.84. The van der Waals surface area contributed by atoms with Crippen molar-refractivity contribution in [2.45, 2.75) is 32.4 Å². The molecule has 2 aromatic rings. The van der Waals surface area contributed by atoms with Gasteiger partial charge >= 0.3 is 0 Å². The van der Waals surface area contributed by atoms with Gasteiger partial charge in [-0.3, -0.25) is 4.79 Å². The Bertz CT molecular complexity index is 818. The zero-order valence-electron chi connectivity index (χ0n) is 14.6. The lowest BCUT2D eigenvalue weighted by Gasteiger charge is -2.23. The molecule has 25 heavy (non-hydrogen) atoms. The number of nitrogens with zero attached hydrogens (tertiary/aromatic N) is 3. The fourth-order valence-electron chi connectivity index (χ4n) is 2.08. The fraction of sp³-hybridized carbons (Fsp3) is 0.389. The van der Waals surface area contributed by atoms with Crippen molar-refractivity contribution >= 4 is 0 Å². The van der Waals surface area contributed by atoms with Gasteiger partial charge in [0, 0.05) is 24.3 Å². The molecule has 132 valence electrons. The molecule has 0 amide bonds. The summed E-state index contributed by atoms with van der Waals surface area (Å²) in [5.74, 6) is 0.370. The topological polar surface area (TPSA) is 100 Å². The highest BCUT2D eigenvalue weighted by atomic mass is 16.5. The Hall–Kier alpha value is -2.69. The summed E-state index contributed by atoms with van der Waals surface area (Å²) >= 11 is 0. The lowest BCUT2D eigenvalue weighted by molar-refractivity contribution is 0.0999. The molecule has 1 aromatic carbocycles. The van der Waals surface area contributed by atoms with Crippen molar-refractivity contribution < 1.29 is 9.84 Å². The van der Waals surface area contributed by atoms with E-state index >= 15 is 0 Å². The van der Waals surface area contributed by atoms with Gasteiger partial charge in [-0.1, -0.05) is 0 Å². The number of rotatable bonds is 6. The second kappa shape index (κ2) is 7.92. The van der Waals surface area contributed by atoms with Gasteiger partial charge in [0.25, 0.3) is 5.56 Å². The maximum Gasteiger partial charge on any atom is 0.271 e. The third-order valence-electron chi connectivity index (χ3n) is 3.33. The molecular weight excluding hydrogens is 320 g/mol. The van der Waals surface area contributed by atoms with Crippen LogP contribution in [0.3, 0.4) is 0 Å². The van der Waals surface area contributed by atoms with E-state index in [9.17, 15) is 9.90 Å². The van der Waals surface area contributed by atoms with Crippen LogP contribution in [0, 0.1) is 11.3 Å². The fourth-order valence-corrected chi connectivity index (χ4v) is 2.08. The minimum atomic E-state index is -0.719. The molecule has 0 radical (unpaired) electrons.